The summed E-state index contributed by atoms with van der Waals surface area (Å²) < 4.78 is 5.62. The van der Waals surface area contributed by atoms with Crippen LogP contribution in [0.25, 0.3) is 11.3 Å². The predicted octanol–water partition coefficient (Wildman–Crippen LogP) is 2.72. The first kappa shape index (κ1) is 16.2. The first-order valence-corrected chi connectivity index (χ1v) is 7.55. The zero-order valence-electron chi connectivity index (χ0n) is 13.5. The smallest absolute Gasteiger partial charge is 0.268 e. The van der Waals surface area contributed by atoms with Crippen molar-refractivity contribution in [3.8, 4) is 17.0 Å². The Balaban J connectivity index is 2.21. The minimum Gasteiger partial charge on any atom is -0.491 e. The molecule has 2 aromatic rings. The zero-order chi connectivity index (χ0) is 16.1. The highest BCUT2D eigenvalue weighted by atomic mass is 16.5. The van der Waals surface area contributed by atoms with Gasteiger partial charge < -0.3 is 10.1 Å². The van der Waals surface area contributed by atoms with E-state index in [2.05, 4.69) is 15.5 Å². The number of H-pyrrole nitrogens is 1. The summed E-state index contributed by atoms with van der Waals surface area (Å²) in [5.74, 6) is 0.824. The molecule has 1 aromatic heterocycles. The van der Waals surface area contributed by atoms with Crippen LogP contribution in [0, 0.1) is 0 Å². The lowest BCUT2D eigenvalue weighted by Crippen LogP contribution is -2.26. The third kappa shape index (κ3) is 4.43. The van der Waals surface area contributed by atoms with E-state index in [0.29, 0.717) is 18.2 Å². The van der Waals surface area contributed by atoms with Gasteiger partial charge in [0.1, 0.15) is 5.75 Å². The van der Waals surface area contributed by atoms with Gasteiger partial charge in [-0.05, 0) is 44.2 Å². The van der Waals surface area contributed by atoms with E-state index in [-0.39, 0.29) is 11.7 Å². The number of nitrogens with one attached hydrogen (secondary N) is 2. The second-order valence-corrected chi connectivity index (χ2v) is 5.83. The van der Waals surface area contributed by atoms with Gasteiger partial charge in [0.15, 0.2) is 0 Å². The maximum atomic E-state index is 11.8. The summed E-state index contributed by atoms with van der Waals surface area (Å²) >= 11 is 0. The standard InChI is InChI=1S/C17H23N3O2/c1-11(2)18-10-14-9-16(19-20-17(14)21)13-5-7-15(8-6-13)22-12(3)4/h5-9,11-12,18H,10H2,1-4H3,(H,20,21). The number of aromatic amines is 1. The van der Waals surface area contributed by atoms with Crippen molar-refractivity contribution in [3.63, 3.8) is 0 Å². The van der Waals surface area contributed by atoms with Gasteiger partial charge >= 0.3 is 0 Å². The first-order chi connectivity index (χ1) is 10.5. The number of hydrogen-bond donors (Lipinski definition) is 2. The molecule has 0 amide bonds. The van der Waals surface area contributed by atoms with Gasteiger partial charge in [0.05, 0.1) is 11.8 Å². The molecular weight excluding hydrogens is 278 g/mol. The summed E-state index contributed by atoms with van der Waals surface area (Å²) in [4.78, 5) is 11.8. The SMILES string of the molecule is CC(C)NCc1cc(-c2ccc(OC(C)C)cc2)n[nH]c1=O. The fraction of sp³-hybridized carbons (Fsp3) is 0.412. The molecule has 0 fully saturated rings. The Morgan fingerprint density at radius 2 is 1.86 bits per heavy atom. The number of benzene rings is 1. The van der Waals surface area contributed by atoms with Crippen LogP contribution in [0.4, 0.5) is 0 Å². The zero-order valence-corrected chi connectivity index (χ0v) is 13.5. The van der Waals surface area contributed by atoms with Crippen molar-refractivity contribution in [1.82, 2.24) is 15.5 Å². The molecule has 2 rings (SSSR count). The molecule has 5 heteroatoms. The molecule has 0 radical (unpaired) electrons. The minimum absolute atomic E-state index is 0.144. The van der Waals surface area contributed by atoms with Crippen LogP contribution in [0.2, 0.25) is 0 Å². The lowest BCUT2D eigenvalue weighted by molar-refractivity contribution is 0.242. The molecule has 1 heterocycles. The summed E-state index contributed by atoms with van der Waals surface area (Å²) in [5, 5.41) is 9.93. The van der Waals surface area contributed by atoms with E-state index in [1.807, 2.05) is 58.0 Å². The van der Waals surface area contributed by atoms with Crippen molar-refractivity contribution in [2.75, 3.05) is 0 Å². The van der Waals surface area contributed by atoms with Gasteiger partial charge in [0.2, 0.25) is 0 Å². The monoisotopic (exact) mass is 301 g/mol. The van der Waals surface area contributed by atoms with E-state index >= 15 is 0 Å². The average Bonchev–Trinajstić information content (AvgIpc) is 2.46. The van der Waals surface area contributed by atoms with Crippen LogP contribution in [0.3, 0.4) is 0 Å². The summed E-state index contributed by atoms with van der Waals surface area (Å²) in [6, 6.07) is 9.86. The molecule has 0 bridgehead atoms. The molecule has 0 atom stereocenters. The minimum atomic E-state index is -0.156. The van der Waals surface area contributed by atoms with Crippen molar-refractivity contribution in [3.05, 3.63) is 46.2 Å². The molecular formula is C17H23N3O2. The van der Waals surface area contributed by atoms with Crippen LogP contribution < -0.4 is 15.6 Å². The second kappa shape index (κ2) is 7.22. The highest BCUT2D eigenvalue weighted by molar-refractivity contribution is 5.60. The first-order valence-electron chi connectivity index (χ1n) is 7.55. The largest absolute Gasteiger partial charge is 0.491 e. The summed E-state index contributed by atoms with van der Waals surface area (Å²) in [6.45, 7) is 8.60. The van der Waals surface area contributed by atoms with Crippen molar-refractivity contribution in [2.45, 2.75) is 46.4 Å². The van der Waals surface area contributed by atoms with E-state index in [0.717, 1.165) is 17.0 Å². The fourth-order valence-electron chi connectivity index (χ4n) is 2.02. The highest BCUT2D eigenvalue weighted by Gasteiger charge is 2.07. The van der Waals surface area contributed by atoms with Gasteiger partial charge in [-0.2, -0.15) is 5.10 Å². The summed E-state index contributed by atoms with van der Waals surface area (Å²) in [7, 11) is 0. The second-order valence-electron chi connectivity index (χ2n) is 5.83. The Morgan fingerprint density at radius 1 is 1.18 bits per heavy atom. The van der Waals surface area contributed by atoms with E-state index in [4.69, 9.17) is 4.74 Å². The van der Waals surface area contributed by atoms with E-state index in [9.17, 15) is 4.79 Å². The molecule has 0 saturated carbocycles. The van der Waals surface area contributed by atoms with Crippen molar-refractivity contribution < 1.29 is 4.74 Å². The van der Waals surface area contributed by atoms with Crippen LogP contribution in [0.15, 0.2) is 35.1 Å². The Bertz CT molecular complexity index is 660. The Hall–Kier alpha value is -2.14. The van der Waals surface area contributed by atoms with Crippen molar-refractivity contribution in [1.29, 1.82) is 0 Å². The maximum absolute atomic E-state index is 11.8. The fourth-order valence-corrected chi connectivity index (χ4v) is 2.02. The third-order valence-electron chi connectivity index (χ3n) is 3.10. The molecule has 1 aromatic carbocycles. The number of hydrogen-bond acceptors (Lipinski definition) is 4. The van der Waals surface area contributed by atoms with E-state index < -0.39 is 0 Å². The number of nitrogens with zero attached hydrogens (tertiary/aromatic N) is 1. The average molecular weight is 301 g/mol. The molecule has 0 aliphatic heterocycles. The molecule has 0 aliphatic carbocycles. The summed E-state index contributed by atoms with van der Waals surface area (Å²) in [5.41, 5.74) is 2.22. The van der Waals surface area contributed by atoms with Crippen LogP contribution >= 0.6 is 0 Å². The van der Waals surface area contributed by atoms with Gasteiger partial charge in [-0.1, -0.05) is 13.8 Å². The molecule has 0 unspecified atom stereocenters. The highest BCUT2D eigenvalue weighted by Crippen LogP contribution is 2.21. The van der Waals surface area contributed by atoms with Crippen molar-refractivity contribution >= 4 is 0 Å². The van der Waals surface area contributed by atoms with E-state index in [1.165, 1.54) is 0 Å². The van der Waals surface area contributed by atoms with E-state index in [1.54, 1.807) is 0 Å². The molecule has 5 nitrogen and oxygen atoms in total. The molecule has 118 valence electrons. The van der Waals surface area contributed by atoms with Crippen LogP contribution in [-0.4, -0.2) is 22.3 Å². The topological polar surface area (TPSA) is 67.0 Å². The predicted molar refractivity (Wildman–Crippen MR) is 88.0 cm³/mol. The van der Waals surface area contributed by atoms with Crippen LogP contribution in [-0.2, 0) is 6.54 Å². The quantitative estimate of drug-likeness (QED) is 0.861. The van der Waals surface area contributed by atoms with Gasteiger partial charge in [-0.15, -0.1) is 0 Å². The molecule has 0 saturated heterocycles. The van der Waals surface area contributed by atoms with Crippen LogP contribution in [0.5, 0.6) is 5.75 Å². The van der Waals surface area contributed by atoms with Gasteiger partial charge in [-0.3, -0.25) is 4.79 Å². The number of ether oxygens (including phenoxy) is 1. The molecule has 0 aliphatic rings. The maximum Gasteiger partial charge on any atom is 0.268 e. The Kier molecular flexibility index (Phi) is 5.33. The van der Waals surface area contributed by atoms with Crippen molar-refractivity contribution in [2.24, 2.45) is 0 Å². The number of rotatable bonds is 6. The van der Waals surface area contributed by atoms with Gasteiger partial charge in [0.25, 0.3) is 5.56 Å². The van der Waals surface area contributed by atoms with Crippen LogP contribution in [0.1, 0.15) is 33.3 Å². The third-order valence-corrected chi connectivity index (χ3v) is 3.10. The molecule has 2 N–H and O–H groups in total. The Morgan fingerprint density at radius 3 is 2.45 bits per heavy atom. The lowest BCUT2D eigenvalue weighted by atomic mass is 10.1. The molecule has 0 spiro atoms. The summed E-state index contributed by atoms with van der Waals surface area (Å²) in [6.07, 6.45) is 0.144. The Labute approximate surface area is 130 Å². The number of aromatic nitrogens is 2. The van der Waals surface area contributed by atoms with Gasteiger partial charge in [0, 0.05) is 23.7 Å². The lowest BCUT2D eigenvalue weighted by Gasteiger charge is -2.10. The van der Waals surface area contributed by atoms with Gasteiger partial charge in [-0.25, -0.2) is 5.10 Å². The normalized spacial score (nSPS) is 11.2. The molecule has 22 heavy (non-hydrogen) atoms.